The second kappa shape index (κ2) is 3.41. The number of hydroxylamine groups is 2. The molecule has 1 heterocycles. The minimum absolute atomic E-state index is 0. The van der Waals surface area contributed by atoms with Gasteiger partial charge >= 0.3 is 0 Å². The summed E-state index contributed by atoms with van der Waals surface area (Å²) in [6.45, 7) is 1.92. The summed E-state index contributed by atoms with van der Waals surface area (Å²) in [5.41, 5.74) is 0. The molecule has 7 heavy (non-hydrogen) atoms. The molecule has 0 saturated carbocycles. The Hall–Kier alpha value is 0.400. The summed E-state index contributed by atoms with van der Waals surface area (Å²) in [5.74, 6) is 0. The summed E-state index contributed by atoms with van der Waals surface area (Å²) in [7, 11) is 0. The molecule has 0 aromatic heterocycles. The lowest BCUT2D eigenvalue weighted by atomic mass is 10.4. The number of quaternary nitrogens is 1. The Morgan fingerprint density at radius 3 is 1.71 bits per heavy atom. The van der Waals surface area contributed by atoms with Crippen LogP contribution in [0.25, 0.3) is 0 Å². The molecule has 1 aliphatic rings. The van der Waals surface area contributed by atoms with Gasteiger partial charge in [0.1, 0.15) is 13.1 Å². The predicted molar refractivity (Wildman–Crippen MR) is 21.7 cm³/mol. The van der Waals surface area contributed by atoms with Crippen LogP contribution in [0.2, 0.25) is 0 Å². The van der Waals surface area contributed by atoms with Gasteiger partial charge in [-0.15, -0.1) is 0 Å². The molecule has 2 N–H and O–H groups in total. The maximum Gasteiger partial charge on any atom is 0.107 e. The number of hydrogen-bond acceptors (Lipinski definition) is 1. The fourth-order valence-corrected chi connectivity index (χ4v) is 0.783. The van der Waals surface area contributed by atoms with Gasteiger partial charge in [-0.05, 0) is 0 Å². The summed E-state index contributed by atoms with van der Waals surface area (Å²) in [4.78, 5) is 0. The van der Waals surface area contributed by atoms with E-state index in [0.29, 0.717) is 5.06 Å². The third-order valence-corrected chi connectivity index (χ3v) is 1.18. The van der Waals surface area contributed by atoms with E-state index in [1.807, 2.05) is 0 Å². The quantitative estimate of drug-likeness (QED) is 0.379. The molecule has 0 amide bonds. The second-order valence-corrected chi connectivity index (χ2v) is 1.77. The van der Waals surface area contributed by atoms with Crippen molar-refractivity contribution in [3.05, 3.63) is 0 Å². The van der Waals surface area contributed by atoms with Crippen LogP contribution >= 0.6 is 0 Å². The summed E-state index contributed by atoms with van der Waals surface area (Å²) in [6, 6.07) is 0. The molecule has 0 aliphatic carbocycles. The van der Waals surface area contributed by atoms with Crippen molar-refractivity contribution in [2.75, 3.05) is 13.1 Å². The summed E-state index contributed by atoms with van der Waals surface area (Å²) >= 11 is 0. The van der Waals surface area contributed by atoms with Gasteiger partial charge in [0, 0.05) is 12.8 Å². The van der Waals surface area contributed by atoms with Gasteiger partial charge in [-0.3, -0.25) is 0 Å². The highest BCUT2D eigenvalue weighted by Crippen LogP contribution is 1.84. The van der Waals surface area contributed by atoms with Crippen LogP contribution in [-0.4, -0.2) is 18.3 Å². The number of rotatable bonds is 0. The molecule has 0 radical (unpaired) electrons. The van der Waals surface area contributed by atoms with E-state index < -0.39 is 0 Å². The van der Waals surface area contributed by atoms with E-state index in [2.05, 4.69) is 0 Å². The molecule has 0 aromatic carbocycles. The zero-order chi connectivity index (χ0) is 4.41. The zero-order valence-corrected chi connectivity index (χ0v) is 5.74. The third kappa shape index (κ3) is 2.26. The largest absolute Gasteiger partial charge is 1.00 e. The topological polar surface area (TPSA) is 24.7 Å². The molecule has 1 rings (SSSR count). The van der Waals surface area contributed by atoms with Gasteiger partial charge in [-0.25, -0.2) is 5.21 Å². The highest BCUT2D eigenvalue weighted by molar-refractivity contribution is 4.38. The van der Waals surface area contributed by atoms with Crippen molar-refractivity contribution in [2.24, 2.45) is 0 Å². The van der Waals surface area contributed by atoms with Crippen molar-refractivity contribution < 1.29 is 27.3 Å². The summed E-state index contributed by atoms with van der Waals surface area (Å²) < 4.78 is 0. The Kier molecular flexibility index (Phi) is 3.60. The van der Waals surface area contributed by atoms with Crippen molar-refractivity contribution in [1.82, 2.24) is 0 Å². The second-order valence-electron chi connectivity index (χ2n) is 1.77. The average Bonchev–Trinajstić information content (AvgIpc) is 1.86. The predicted octanol–water partition coefficient (Wildman–Crippen LogP) is -3.94. The Labute approximate surface area is 53.8 Å². The van der Waals surface area contributed by atoms with Crippen molar-refractivity contribution in [3.8, 4) is 0 Å². The highest BCUT2D eigenvalue weighted by atomic mass is 79.9. The molecule has 0 unspecified atom stereocenters. The van der Waals surface area contributed by atoms with Crippen molar-refractivity contribution >= 4 is 0 Å². The number of halogens is 1. The maximum atomic E-state index is 8.65. The molecule has 0 spiro atoms. The fourth-order valence-electron chi connectivity index (χ4n) is 0.783. The van der Waals surface area contributed by atoms with Gasteiger partial charge < -0.3 is 17.0 Å². The lowest BCUT2D eigenvalue weighted by molar-refractivity contribution is -1.08. The third-order valence-electron chi connectivity index (χ3n) is 1.18. The van der Waals surface area contributed by atoms with Crippen molar-refractivity contribution in [3.63, 3.8) is 0 Å². The van der Waals surface area contributed by atoms with Crippen LogP contribution in [-0.2, 0) is 0 Å². The molecular weight excluding hydrogens is 158 g/mol. The van der Waals surface area contributed by atoms with E-state index in [9.17, 15) is 0 Å². The molecule has 0 atom stereocenters. The molecule has 1 fully saturated rings. The van der Waals surface area contributed by atoms with Gasteiger partial charge in [0.05, 0.1) is 0 Å². The Bertz CT molecular complexity index is 45.0. The molecular formula is C4H10BrNO. The number of nitrogens with one attached hydrogen (secondary N) is 1. The van der Waals surface area contributed by atoms with E-state index in [4.69, 9.17) is 5.21 Å². The van der Waals surface area contributed by atoms with Crippen LogP contribution < -0.4 is 22.0 Å². The first-order valence-corrected chi connectivity index (χ1v) is 2.43. The molecule has 0 bridgehead atoms. The van der Waals surface area contributed by atoms with E-state index in [1.165, 1.54) is 12.8 Å². The van der Waals surface area contributed by atoms with Gasteiger partial charge in [0.25, 0.3) is 0 Å². The molecule has 2 nitrogen and oxygen atoms in total. The van der Waals surface area contributed by atoms with Crippen LogP contribution in [0, 0.1) is 0 Å². The average molecular weight is 168 g/mol. The first-order chi connectivity index (χ1) is 2.89. The Morgan fingerprint density at radius 1 is 1.14 bits per heavy atom. The summed E-state index contributed by atoms with van der Waals surface area (Å²) in [5, 5.41) is 9.35. The lowest BCUT2D eigenvalue weighted by Gasteiger charge is -1.94. The van der Waals surface area contributed by atoms with E-state index in [1.54, 1.807) is 0 Å². The van der Waals surface area contributed by atoms with Gasteiger partial charge in [-0.1, -0.05) is 0 Å². The molecule has 1 aliphatic heterocycles. The first-order valence-electron chi connectivity index (χ1n) is 2.43. The lowest BCUT2D eigenvalue weighted by Crippen LogP contribution is -3.07. The van der Waals surface area contributed by atoms with E-state index >= 15 is 0 Å². The van der Waals surface area contributed by atoms with E-state index in [0.717, 1.165) is 13.1 Å². The maximum absolute atomic E-state index is 8.65. The monoisotopic (exact) mass is 167 g/mol. The molecule has 0 aromatic rings. The fraction of sp³-hybridized carbons (Fsp3) is 1.00. The SMILES string of the molecule is O[NH+]1CCCC1.[Br-]. The molecule has 44 valence electrons. The van der Waals surface area contributed by atoms with Crippen molar-refractivity contribution in [2.45, 2.75) is 12.8 Å². The number of hydrogen-bond donors (Lipinski definition) is 2. The minimum atomic E-state index is 0. The minimum Gasteiger partial charge on any atom is -1.00 e. The highest BCUT2D eigenvalue weighted by Gasteiger charge is 2.10. The van der Waals surface area contributed by atoms with Gasteiger partial charge in [0.15, 0.2) is 0 Å². The van der Waals surface area contributed by atoms with Crippen LogP contribution in [0.15, 0.2) is 0 Å². The zero-order valence-electron chi connectivity index (χ0n) is 4.15. The smallest absolute Gasteiger partial charge is 0.107 e. The van der Waals surface area contributed by atoms with Crippen LogP contribution in [0.3, 0.4) is 0 Å². The van der Waals surface area contributed by atoms with E-state index in [-0.39, 0.29) is 17.0 Å². The first kappa shape index (κ1) is 7.40. The Morgan fingerprint density at radius 2 is 1.57 bits per heavy atom. The molecule has 1 saturated heterocycles. The van der Waals surface area contributed by atoms with Crippen LogP contribution in [0.5, 0.6) is 0 Å². The summed E-state index contributed by atoms with van der Waals surface area (Å²) in [6.07, 6.45) is 2.40. The normalized spacial score (nSPS) is 21.9. The van der Waals surface area contributed by atoms with Crippen molar-refractivity contribution in [1.29, 1.82) is 0 Å². The van der Waals surface area contributed by atoms with Crippen LogP contribution in [0.1, 0.15) is 12.8 Å². The van der Waals surface area contributed by atoms with Crippen LogP contribution in [0.4, 0.5) is 0 Å². The standard InChI is InChI=1S/C4H9NO.BrH/c6-5-3-1-2-4-5;/h6H,1-4H2;1H. The van der Waals surface area contributed by atoms with Gasteiger partial charge in [0.2, 0.25) is 0 Å². The van der Waals surface area contributed by atoms with Gasteiger partial charge in [-0.2, -0.15) is 5.06 Å². The molecule has 3 heteroatoms. The Balaban J connectivity index is 0.000000360.